The Labute approximate surface area is 118 Å². The number of rotatable bonds is 3. The molecule has 0 bridgehead atoms. The van der Waals surface area contributed by atoms with E-state index in [4.69, 9.17) is 11.6 Å². The molecule has 0 amide bonds. The van der Waals surface area contributed by atoms with Gasteiger partial charge in [0.25, 0.3) is 0 Å². The van der Waals surface area contributed by atoms with Crippen LogP contribution in [0.1, 0.15) is 11.4 Å². The van der Waals surface area contributed by atoms with Crippen LogP contribution in [0.25, 0.3) is 0 Å². The third-order valence-electron chi connectivity index (χ3n) is 2.55. The third-order valence-corrected chi connectivity index (χ3v) is 3.48. The van der Waals surface area contributed by atoms with E-state index in [1.165, 1.54) is 12.1 Å². The molecule has 18 heavy (non-hydrogen) atoms. The zero-order chi connectivity index (χ0) is 13.3. The van der Waals surface area contributed by atoms with E-state index in [2.05, 4.69) is 26.3 Å². The lowest BCUT2D eigenvalue weighted by molar-refractivity contribution is 0.627. The third kappa shape index (κ3) is 2.84. The Bertz CT molecular complexity index is 560. The molecule has 1 heterocycles. The van der Waals surface area contributed by atoms with Crippen LogP contribution in [0.2, 0.25) is 5.02 Å². The number of anilines is 1. The molecule has 0 radical (unpaired) electrons. The summed E-state index contributed by atoms with van der Waals surface area (Å²) < 4.78 is 15.5. The Morgan fingerprint density at radius 2 is 2.17 bits per heavy atom. The molecule has 2 rings (SSSR count). The van der Waals surface area contributed by atoms with Gasteiger partial charge in [-0.05, 0) is 41.1 Å². The van der Waals surface area contributed by atoms with Crippen LogP contribution in [-0.2, 0) is 13.6 Å². The van der Waals surface area contributed by atoms with Crippen molar-refractivity contribution < 1.29 is 4.39 Å². The second-order valence-corrected chi connectivity index (χ2v) is 5.26. The molecule has 0 saturated heterocycles. The average Bonchev–Trinajstić information content (AvgIpc) is 2.55. The minimum absolute atomic E-state index is 0.348. The zero-order valence-electron chi connectivity index (χ0n) is 9.97. The summed E-state index contributed by atoms with van der Waals surface area (Å²) >= 11 is 9.28. The molecule has 1 aromatic heterocycles. The van der Waals surface area contributed by atoms with E-state index >= 15 is 0 Å². The summed E-state index contributed by atoms with van der Waals surface area (Å²) in [5, 5.41) is 7.77. The van der Waals surface area contributed by atoms with Crippen molar-refractivity contribution in [2.24, 2.45) is 7.05 Å². The Morgan fingerprint density at radius 3 is 2.72 bits per heavy atom. The fraction of sp³-hybridized carbons (Fsp3) is 0.250. The molecule has 0 unspecified atom stereocenters. The normalized spacial score (nSPS) is 10.7. The number of hydrogen-bond donors (Lipinski definition) is 1. The number of nitrogens with zero attached hydrogens (tertiary/aromatic N) is 2. The first-order valence-corrected chi connectivity index (χ1v) is 6.52. The molecule has 0 spiro atoms. The summed E-state index contributed by atoms with van der Waals surface area (Å²) in [6, 6.07) is 4.64. The molecule has 3 nitrogen and oxygen atoms in total. The van der Waals surface area contributed by atoms with Crippen molar-refractivity contribution in [1.82, 2.24) is 9.78 Å². The van der Waals surface area contributed by atoms with Gasteiger partial charge in [0.1, 0.15) is 5.82 Å². The van der Waals surface area contributed by atoms with Crippen molar-refractivity contribution in [2.45, 2.75) is 13.5 Å². The van der Waals surface area contributed by atoms with Gasteiger partial charge >= 0.3 is 0 Å². The van der Waals surface area contributed by atoms with Gasteiger partial charge in [-0.3, -0.25) is 4.68 Å². The van der Waals surface area contributed by atoms with E-state index < -0.39 is 0 Å². The van der Waals surface area contributed by atoms with Gasteiger partial charge in [0.15, 0.2) is 0 Å². The van der Waals surface area contributed by atoms with E-state index in [1.807, 2.05) is 20.0 Å². The number of aromatic nitrogens is 2. The number of halogens is 3. The van der Waals surface area contributed by atoms with Crippen molar-refractivity contribution in [3.05, 3.63) is 44.9 Å². The van der Waals surface area contributed by atoms with Crippen LogP contribution >= 0.6 is 27.5 Å². The van der Waals surface area contributed by atoms with E-state index in [-0.39, 0.29) is 5.82 Å². The van der Waals surface area contributed by atoms with Gasteiger partial charge in [0, 0.05) is 11.5 Å². The van der Waals surface area contributed by atoms with Crippen LogP contribution in [0.5, 0.6) is 0 Å². The van der Waals surface area contributed by atoms with E-state index in [9.17, 15) is 4.39 Å². The standard InChI is InChI=1S/C12H12BrClFN3/c1-7-3-9(18(2)17-7)6-16-12-10(13)4-8(15)5-11(12)14/h3-5,16H,6H2,1-2H3. The second kappa shape index (κ2) is 5.28. The topological polar surface area (TPSA) is 29.9 Å². The van der Waals surface area contributed by atoms with Crippen molar-refractivity contribution >= 4 is 33.2 Å². The maximum atomic E-state index is 13.1. The van der Waals surface area contributed by atoms with Crippen molar-refractivity contribution in [1.29, 1.82) is 0 Å². The van der Waals surface area contributed by atoms with Crippen LogP contribution < -0.4 is 5.32 Å². The molecule has 0 aliphatic heterocycles. The Hall–Kier alpha value is -1.07. The largest absolute Gasteiger partial charge is 0.377 e. The van der Waals surface area contributed by atoms with Gasteiger partial charge in [0.2, 0.25) is 0 Å². The van der Waals surface area contributed by atoms with Gasteiger partial charge in [-0.1, -0.05) is 11.6 Å². The van der Waals surface area contributed by atoms with Crippen molar-refractivity contribution in [2.75, 3.05) is 5.32 Å². The summed E-state index contributed by atoms with van der Waals surface area (Å²) in [6.45, 7) is 2.51. The van der Waals surface area contributed by atoms with Gasteiger partial charge in [0.05, 0.1) is 28.6 Å². The summed E-state index contributed by atoms with van der Waals surface area (Å²) in [7, 11) is 1.88. The first-order valence-electron chi connectivity index (χ1n) is 5.35. The molecule has 1 aromatic carbocycles. The highest BCUT2D eigenvalue weighted by Crippen LogP contribution is 2.31. The molecule has 0 fully saturated rings. The predicted molar refractivity (Wildman–Crippen MR) is 74.4 cm³/mol. The second-order valence-electron chi connectivity index (χ2n) is 4.00. The average molecular weight is 333 g/mol. The minimum atomic E-state index is -0.367. The molecule has 0 aliphatic rings. The molecule has 6 heteroatoms. The van der Waals surface area contributed by atoms with E-state index in [0.717, 1.165) is 11.4 Å². The number of hydrogen-bond acceptors (Lipinski definition) is 2. The highest BCUT2D eigenvalue weighted by molar-refractivity contribution is 9.10. The number of aryl methyl sites for hydroxylation is 2. The minimum Gasteiger partial charge on any atom is -0.377 e. The number of benzene rings is 1. The lowest BCUT2D eigenvalue weighted by atomic mass is 10.3. The van der Waals surface area contributed by atoms with Gasteiger partial charge in [-0.2, -0.15) is 5.10 Å². The molecule has 0 aliphatic carbocycles. The monoisotopic (exact) mass is 331 g/mol. The van der Waals surface area contributed by atoms with Gasteiger partial charge in [-0.15, -0.1) is 0 Å². The summed E-state index contributed by atoms with van der Waals surface area (Å²) in [4.78, 5) is 0. The van der Waals surface area contributed by atoms with Crippen LogP contribution in [0, 0.1) is 12.7 Å². The lowest BCUT2D eigenvalue weighted by Gasteiger charge is -2.10. The first kappa shape index (κ1) is 13.4. The predicted octanol–water partition coefficient (Wildman–Crippen LogP) is 3.90. The fourth-order valence-electron chi connectivity index (χ4n) is 1.72. The van der Waals surface area contributed by atoms with Gasteiger partial charge in [-0.25, -0.2) is 4.39 Å². The molecule has 2 aromatic rings. The van der Waals surface area contributed by atoms with Crippen molar-refractivity contribution in [3.63, 3.8) is 0 Å². The lowest BCUT2D eigenvalue weighted by Crippen LogP contribution is -2.06. The maximum absolute atomic E-state index is 13.1. The number of nitrogens with one attached hydrogen (secondary N) is 1. The molecule has 1 N–H and O–H groups in total. The molecule has 0 atom stereocenters. The molecular weight excluding hydrogens is 321 g/mol. The fourth-order valence-corrected chi connectivity index (χ4v) is 2.68. The smallest absolute Gasteiger partial charge is 0.125 e. The van der Waals surface area contributed by atoms with Crippen LogP contribution in [-0.4, -0.2) is 9.78 Å². The van der Waals surface area contributed by atoms with Crippen LogP contribution in [0.3, 0.4) is 0 Å². The van der Waals surface area contributed by atoms with Crippen LogP contribution in [0.15, 0.2) is 22.7 Å². The highest BCUT2D eigenvalue weighted by atomic mass is 79.9. The molecular formula is C12H12BrClFN3. The Morgan fingerprint density at radius 1 is 1.44 bits per heavy atom. The Kier molecular flexibility index (Phi) is 3.92. The maximum Gasteiger partial charge on any atom is 0.125 e. The Balaban J connectivity index is 2.18. The van der Waals surface area contributed by atoms with Crippen molar-refractivity contribution in [3.8, 4) is 0 Å². The molecule has 96 valence electrons. The van der Waals surface area contributed by atoms with Crippen LogP contribution in [0.4, 0.5) is 10.1 Å². The first-order chi connectivity index (χ1) is 8.47. The highest BCUT2D eigenvalue weighted by Gasteiger charge is 2.09. The molecule has 0 saturated carbocycles. The van der Waals surface area contributed by atoms with Gasteiger partial charge < -0.3 is 5.32 Å². The van der Waals surface area contributed by atoms with E-state index in [1.54, 1.807) is 4.68 Å². The SMILES string of the molecule is Cc1cc(CNc2c(Cl)cc(F)cc2Br)n(C)n1. The summed E-state index contributed by atoms with van der Waals surface area (Å²) in [5.74, 6) is -0.367. The zero-order valence-corrected chi connectivity index (χ0v) is 12.3. The van der Waals surface area contributed by atoms with E-state index in [0.29, 0.717) is 21.7 Å². The quantitative estimate of drug-likeness (QED) is 0.924. The summed E-state index contributed by atoms with van der Waals surface area (Å²) in [6.07, 6.45) is 0. The summed E-state index contributed by atoms with van der Waals surface area (Å²) in [5.41, 5.74) is 2.66.